The Morgan fingerprint density at radius 2 is 1.63 bits per heavy atom. The third kappa shape index (κ3) is 2.68. The second kappa shape index (κ2) is 5.71. The van der Waals surface area contributed by atoms with Gasteiger partial charge in [-0.2, -0.15) is 0 Å². The lowest BCUT2D eigenvalue weighted by molar-refractivity contribution is 0.144. The molecule has 0 aromatic heterocycles. The standard InChI is InChI=1S/C17H16O2/c1-14-8-5-6-11-16(14)17(19,12-7-13-18)15-9-3-2-4-10-15/h2-6,8-11,18-19H,13H2,1H3/t17-/m0/s1. The topological polar surface area (TPSA) is 40.5 Å². The highest BCUT2D eigenvalue weighted by molar-refractivity contribution is 5.47. The first-order chi connectivity index (χ1) is 9.18. The molecule has 2 nitrogen and oxygen atoms in total. The van der Waals surface area contributed by atoms with Gasteiger partial charge in [-0.1, -0.05) is 66.4 Å². The van der Waals surface area contributed by atoms with Gasteiger partial charge in [0.2, 0.25) is 0 Å². The third-order valence-electron chi connectivity index (χ3n) is 3.07. The van der Waals surface area contributed by atoms with E-state index in [1.54, 1.807) is 0 Å². The number of aliphatic hydroxyl groups excluding tert-OH is 1. The van der Waals surface area contributed by atoms with Gasteiger partial charge in [0.15, 0.2) is 5.60 Å². The molecule has 0 aliphatic carbocycles. The Hall–Kier alpha value is -2.08. The van der Waals surface area contributed by atoms with Crippen molar-refractivity contribution in [3.05, 3.63) is 71.3 Å². The number of benzene rings is 2. The fraction of sp³-hybridized carbons (Fsp3) is 0.176. The first-order valence-corrected chi connectivity index (χ1v) is 6.13. The molecule has 0 aliphatic rings. The van der Waals surface area contributed by atoms with E-state index >= 15 is 0 Å². The summed E-state index contributed by atoms with van der Waals surface area (Å²) in [7, 11) is 0. The average Bonchev–Trinajstić information content (AvgIpc) is 2.46. The summed E-state index contributed by atoms with van der Waals surface area (Å²) in [5.74, 6) is 5.34. The van der Waals surface area contributed by atoms with E-state index in [2.05, 4.69) is 11.8 Å². The van der Waals surface area contributed by atoms with Crippen LogP contribution in [0.2, 0.25) is 0 Å². The average molecular weight is 252 g/mol. The summed E-state index contributed by atoms with van der Waals surface area (Å²) >= 11 is 0. The number of aryl methyl sites for hydroxylation is 1. The number of rotatable bonds is 2. The van der Waals surface area contributed by atoms with Crippen molar-refractivity contribution in [1.82, 2.24) is 0 Å². The van der Waals surface area contributed by atoms with Gasteiger partial charge in [-0.05, 0) is 12.5 Å². The van der Waals surface area contributed by atoms with Crippen LogP contribution in [0.25, 0.3) is 0 Å². The minimum absolute atomic E-state index is 0.277. The monoisotopic (exact) mass is 252 g/mol. The quantitative estimate of drug-likeness (QED) is 0.805. The molecule has 1 atom stereocenters. The molecule has 96 valence electrons. The maximum absolute atomic E-state index is 11.0. The van der Waals surface area contributed by atoms with Crippen LogP contribution >= 0.6 is 0 Å². The van der Waals surface area contributed by atoms with Crippen LogP contribution in [-0.2, 0) is 5.60 Å². The van der Waals surface area contributed by atoms with Crippen molar-refractivity contribution in [2.24, 2.45) is 0 Å². The van der Waals surface area contributed by atoms with Crippen molar-refractivity contribution in [1.29, 1.82) is 0 Å². The highest BCUT2D eigenvalue weighted by atomic mass is 16.3. The van der Waals surface area contributed by atoms with Crippen LogP contribution in [0.15, 0.2) is 54.6 Å². The van der Waals surface area contributed by atoms with Crippen LogP contribution in [0.4, 0.5) is 0 Å². The molecule has 0 saturated carbocycles. The summed E-state index contributed by atoms with van der Waals surface area (Å²) in [5.41, 5.74) is 1.00. The summed E-state index contributed by atoms with van der Waals surface area (Å²) in [5, 5.41) is 19.9. The van der Waals surface area contributed by atoms with Crippen LogP contribution in [0, 0.1) is 18.8 Å². The second-order valence-electron chi connectivity index (χ2n) is 4.35. The lowest BCUT2D eigenvalue weighted by atomic mass is 9.84. The minimum atomic E-state index is -1.39. The SMILES string of the molecule is Cc1ccccc1[C@](O)(C#CCO)c1ccccc1. The summed E-state index contributed by atoms with van der Waals surface area (Å²) in [6, 6.07) is 16.9. The van der Waals surface area contributed by atoms with Crippen LogP contribution in [0.5, 0.6) is 0 Å². The Kier molecular flexibility index (Phi) is 4.01. The molecule has 19 heavy (non-hydrogen) atoms. The van der Waals surface area contributed by atoms with E-state index in [1.165, 1.54) is 0 Å². The van der Waals surface area contributed by atoms with Crippen molar-refractivity contribution in [3.63, 3.8) is 0 Å². The molecule has 2 aromatic rings. The van der Waals surface area contributed by atoms with Crippen molar-refractivity contribution in [2.45, 2.75) is 12.5 Å². The van der Waals surface area contributed by atoms with Gasteiger partial charge in [-0.3, -0.25) is 0 Å². The molecule has 0 aliphatic heterocycles. The molecule has 2 rings (SSSR count). The van der Waals surface area contributed by atoms with Gasteiger partial charge < -0.3 is 10.2 Å². The fourth-order valence-electron chi connectivity index (χ4n) is 2.12. The number of hydrogen-bond acceptors (Lipinski definition) is 2. The fourth-order valence-corrected chi connectivity index (χ4v) is 2.12. The van der Waals surface area contributed by atoms with Gasteiger partial charge in [0.1, 0.15) is 6.61 Å². The van der Waals surface area contributed by atoms with Gasteiger partial charge in [0.25, 0.3) is 0 Å². The van der Waals surface area contributed by atoms with E-state index < -0.39 is 5.60 Å². The molecule has 0 unspecified atom stereocenters. The zero-order valence-corrected chi connectivity index (χ0v) is 10.8. The van der Waals surface area contributed by atoms with E-state index in [0.29, 0.717) is 5.56 Å². The van der Waals surface area contributed by atoms with Gasteiger partial charge in [0, 0.05) is 11.1 Å². The molecule has 0 spiro atoms. The molecule has 0 saturated heterocycles. The van der Waals surface area contributed by atoms with E-state index in [1.807, 2.05) is 61.5 Å². The molecule has 2 aromatic carbocycles. The van der Waals surface area contributed by atoms with E-state index in [-0.39, 0.29) is 6.61 Å². The van der Waals surface area contributed by atoms with Crippen molar-refractivity contribution in [3.8, 4) is 11.8 Å². The normalized spacial score (nSPS) is 13.2. The Balaban J connectivity index is 2.63. The number of aliphatic hydroxyl groups is 2. The van der Waals surface area contributed by atoms with Gasteiger partial charge >= 0.3 is 0 Å². The minimum Gasteiger partial charge on any atom is -0.384 e. The molecule has 0 heterocycles. The van der Waals surface area contributed by atoms with Crippen LogP contribution in [0.1, 0.15) is 16.7 Å². The maximum Gasteiger partial charge on any atom is 0.177 e. The Bertz CT molecular complexity index is 608. The highest BCUT2D eigenvalue weighted by Crippen LogP contribution is 2.31. The van der Waals surface area contributed by atoms with Gasteiger partial charge in [-0.15, -0.1) is 0 Å². The van der Waals surface area contributed by atoms with E-state index in [4.69, 9.17) is 5.11 Å². The summed E-state index contributed by atoms with van der Waals surface area (Å²) in [6.07, 6.45) is 0. The first kappa shape index (κ1) is 13.4. The number of hydrogen-bond donors (Lipinski definition) is 2. The molecular formula is C17H16O2. The van der Waals surface area contributed by atoms with Crippen LogP contribution in [0.3, 0.4) is 0 Å². The summed E-state index contributed by atoms with van der Waals surface area (Å²) in [4.78, 5) is 0. The van der Waals surface area contributed by atoms with E-state index in [9.17, 15) is 5.11 Å². The van der Waals surface area contributed by atoms with Crippen molar-refractivity contribution < 1.29 is 10.2 Å². The van der Waals surface area contributed by atoms with Crippen molar-refractivity contribution in [2.75, 3.05) is 6.61 Å². The zero-order chi connectivity index (χ0) is 13.7. The molecular weight excluding hydrogens is 236 g/mol. The van der Waals surface area contributed by atoms with Crippen LogP contribution < -0.4 is 0 Å². The first-order valence-electron chi connectivity index (χ1n) is 6.13. The van der Waals surface area contributed by atoms with E-state index in [0.717, 1.165) is 11.1 Å². The predicted octanol–water partition coefficient (Wildman–Crippen LogP) is 2.23. The maximum atomic E-state index is 11.0. The van der Waals surface area contributed by atoms with Gasteiger partial charge in [0.05, 0.1) is 0 Å². The second-order valence-corrected chi connectivity index (χ2v) is 4.35. The Labute approximate surface area is 113 Å². The molecule has 2 heteroatoms. The predicted molar refractivity (Wildman–Crippen MR) is 75.5 cm³/mol. The summed E-state index contributed by atoms with van der Waals surface area (Å²) < 4.78 is 0. The smallest absolute Gasteiger partial charge is 0.177 e. The largest absolute Gasteiger partial charge is 0.384 e. The molecule has 0 fully saturated rings. The molecule has 0 radical (unpaired) electrons. The van der Waals surface area contributed by atoms with Gasteiger partial charge in [-0.25, -0.2) is 0 Å². The Morgan fingerprint density at radius 1 is 1.00 bits per heavy atom. The molecule has 2 N–H and O–H groups in total. The third-order valence-corrected chi connectivity index (χ3v) is 3.07. The Morgan fingerprint density at radius 3 is 2.26 bits per heavy atom. The van der Waals surface area contributed by atoms with Crippen LogP contribution in [-0.4, -0.2) is 16.8 Å². The molecule has 0 amide bonds. The zero-order valence-electron chi connectivity index (χ0n) is 10.8. The molecule has 0 bridgehead atoms. The van der Waals surface area contributed by atoms with Crippen molar-refractivity contribution >= 4 is 0 Å². The lowest BCUT2D eigenvalue weighted by Crippen LogP contribution is -2.26. The lowest BCUT2D eigenvalue weighted by Gasteiger charge is -2.25. The summed E-state index contributed by atoms with van der Waals surface area (Å²) in [6.45, 7) is 1.66. The highest BCUT2D eigenvalue weighted by Gasteiger charge is 2.30.